The summed E-state index contributed by atoms with van der Waals surface area (Å²) in [5.74, 6) is -0.295. The van der Waals surface area contributed by atoms with E-state index in [0.717, 1.165) is 24.2 Å². The maximum Gasteiger partial charge on any atom is 0.278 e. The first kappa shape index (κ1) is 20.4. The number of carbonyl (C=O) groups is 1. The fourth-order valence-electron chi connectivity index (χ4n) is 2.88. The number of likely N-dealkylation sites (N-methyl/N-ethyl adjacent to an activating group) is 1. The largest absolute Gasteiger partial charge is 0.383 e. The van der Waals surface area contributed by atoms with Gasteiger partial charge in [-0.1, -0.05) is 36.4 Å². The van der Waals surface area contributed by atoms with Gasteiger partial charge in [0.2, 0.25) is 0 Å². The van der Waals surface area contributed by atoms with Crippen LogP contribution in [0.15, 0.2) is 60.8 Å². The maximum absolute atomic E-state index is 12.6. The minimum Gasteiger partial charge on any atom is -0.383 e. The Morgan fingerprint density at radius 1 is 1.17 bits per heavy atom. The molecule has 1 heterocycles. The monoisotopic (exact) mass is 391 g/mol. The molecule has 0 bridgehead atoms. The van der Waals surface area contributed by atoms with Gasteiger partial charge in [-0.15, -0.1) is 0 Å². The van der Waals surface area contributed by atoms with Crippen molar-refractivity contribution in [3.05, 3.63) is 72.1 Å². The van der Waals surface area contributed by atoms with Crippen molar-refractivity contribution in [3.8, 4) is 11.3 Å². The van der Waals surface area contributed by atoms with Crippen molar-refractivity contribution in [1.29, 1.82) is 0 Å². The number of carbonyl (C=O) groups excluding carboxylic acids is 1. The zero-order valence-electron chi connectivity index (χ0n) is 16.6. The first-order valence-electron chi connectivity index (χ1n) is 9.32. The molecule has 29 heavy (non-hydrogen) atoms. The van der Waals surface area contributed by atoms with Crippen molar-refractivity contribution in [1.82, 2.24) is 14.9 Å². The molecule has 0 unspecified atom stereocenters. The van der Waals surface area contributed by atoms with Crippen LogP contribution in [0.25, 0.3) is 11.3 Å². The van der Waals surface area contributed by atoms with E-state index in [1.54, 1.807) is 25.4 Å². The van der Waals surface area contributed by atoms with E-state index >= 15 is 0 Å². The number of hydrogen-bond donors (Lipinski definition) is 2. The molecule has 0 fully saturated rings. The fourth-order valence-corrected chi connectivity index (χ4v) is 2.88. The Labute approximate surface area is 170 Å². The van der Waals surface area contributed by atoms with Crippen LogP contribution in [-0.2, 0) is 11.3 Å². The molecular weight excluding hydrogens is 366 g/mol. The minimum absolute atomic E-state index is 0.0950. The lowest BCUT2D eigenvalue weighted by Crippen LogP contribution is -2.22. The SMILES string of the molecule is COCCN(C)Cc1cccc(-c2cnc(N)c(C(=O)Nc3ccccc3)n2)c1. The van der Waals surface area contributed by atoms with Gasteiger partial charge in [-0.05, 0) is 30.8 Å². The second-order valence-corrected chi connectivity index (χ2v) is 6.74. The van der Waals surface area contributed by atoms with E-state index in [1.807, 2.05) is 43.4 Å². The van der Waals surface area contributed by atoms with Crippen LogP contribution in [0.1, 0.15) is 16.1 Å². The van der Waals surface area contributed by atoms with Gasteiger partial charge in [0.05, 0.1) is 18.5 Å². The molecule has 7 heteroatoms. The third kappa shape index (κ3) is 5.60. The van der Waals surface area contributed by atoms with Gasteiger partial charge >= 0.3 is 0 Å². The lowest BCUT2D eigenvalue weighted by Gasteiger charge is -2.16. The van der Waals surface area contributed by atoms with E-state index in [4.69, 9.17) is 10.5 Å². The van der Waals surface area contributed by atoms with E-state index in [1.165, 1.54) is 0 Å². The molecule has 0 aliphatic carbocycles. The number of hydrogen-bond acceptors (Lipinski definition) is 6. The number of nitrogen functional groups attached to an aromatic ring is 1. The summed E-state index contributed by atoms with van der Waals surface area (Å²) < 4.78 is 5.12. The molecule has 3 N–H and O–H groups in total. The maximum atomic E-state index is 12.6. The number of nitrogens with two attached hydrogens (primary N) is 1. The fraction of sp³-hybridized carbons (Fsp3) is 0.227. The summed E-state index contributed by atoms with van der Waals surface area (Å²) in [6.45, 7) is 2.30. The number of benzene rings is 2. The predicted octanol–water partition coefficient (Wildman–Crippen LogP) is 3.06. The van der Waals surface area contributed by atoms with Crippen LogP contribution in [0.3, 0.4) is 0 Å². The number of rotatable bonds is 8. The number of nitrogens with one attached hydrogen (secondary N) is 1. The number of anilines is 2. The van der Waals surface area contributed by atoms with Gasteiger partial charge in [-0.2, -0.15) is 0 Å². The van der Waals surface area contributed by atoms with Gasteiger partial charge in [-0.25, -0.2) is 9.97 Å². The molecule has 7 nitrogen and oxygen atoms in total. The second-order valence-electron chi connectivity index (χ2n) is 6.74. The highest BCUT2D eigenvalue weighted by Crippen LogP contribution is 2.21. The summed E-state index contributed by atoms with van der Waals surface area (Å²) >= 11 is 0. The minimum atomic E-state index is -0.390. The first-order chi connectivity index (χ1) is 14.1. The molecule has 2 aromatic carbocycles. The first-order valence-corrected chi connectivity index (χ1v) is 9.32. The van der Waals surface area contributed by atoms with Gasteiger partial charge in [0, 0.05) is 31.5 Å². The molecule has 0 saturated heterocycles. The third-order valence-corrected chi connectivity index (χ3v) is 4.40. The molecular formula is C22H25N5O2. The molecule has 0 radical (unpaired) electrons. The normalized spacial score (nSPS) is 10.9. The van der Waals surface area contributed by atoms with Crippen molar-refractivity contribution in [2.45, 2.75) is 6.54 Å². The van der Waals surface area contributed by atoms with Crippen LogP contribution < -0.4 is 11.1 Å². The van der Waals surface area contributed by atoms with Crippen molar-refractivity contribution in [2.75, 3.05) is 38.4 Å². The van der Waals surface area contributed by atoms with Crippen LogP contribution in [0.2, 0.25) is 0 Å². The Morgan fingerprint density at radius 2 is 1.97 bits per heavy atom. The van der Waals surface area contributed by atoms with E-state index in [2.05, 4.69) is 26.3 Å². The van der Waals surface area contributed by atoms with Crippen molar-refractivity contribution in [3.63, 3.8) is 0 Å². The highest BCUT2D eigenvalue weighted by Gasteiger charge is 2.15. The van der Waals surface area contributed by atoms with Gasteiger partial charge < -0.3 is 15.8 Å². The van der Waals surface area contributed by atoms with E-state index in [0.29, 0.717) is 18.0 Å². The Balaban J connectivity index is 1.80. The van der Waals surface area contributed by atoms with Gasteiger partial charge in [-0.3, -0.25) is 9.69 Å². The molecule has 0 atom stereocenters. The molecule has 150 valence electrons. The average Bonchev–Trinajstić information content (AvgIpc) is 2.73. The van der Waals surface area contributed by atoms with E-state index in [-0.39, 0.29) is 11.5 Å². The van der Waals surface area contributed by atoms with Crippen molar-refractivity contribution < 1.29 is 9.53 Å². The summed E-state index contributed by atoms with van der Waals surface area (Å²) in [5.41, 5.74) is 9.30. The standard InChI is InChI=1S/C22H25N5O2/c1-27(11-12-29-2)15-16-7-6-8-17(13-16)19-14-24-21(23)20(26-19)22(28)25-18-9-4-3-5-10-18/h3-10,13-14H,11-12,15H2,1-2H3,(H2,23,24)(H,25,28). The quantitative estimate of drug-likeness (QED) is 0.613. The zero-order valence-corrected chi connectivity index (χ0v) is 16.6. The van der Waals surface area contributed by atoms with E-state index < -0.39 is 5.91 Å². The Morgan fingerprint density at radius 3 is 2.72 bits per heavy atom. The number of aromatic nitrogens is 2. The zero-order chi connectivity index (χ0) is 20.6. The summed E-state index contributed by atoms with van der Waals surface area (Å²) in [6.07, 6.45) is 1.59. The Kier molecular flexibility index (Phi) is 6.89. The summed E-state index contributed by atoms with van der Waals surface area (Å²) in [6, 6.07) is 17.2. The highest BCUT2D eigenvalue weighted by atomic mass is 16.5. The Bertz CT molecular complexity index is 962. The highest BCUT2D eigenvalue weighted by molar-refractivity contribution is 6.05. The third-order valence-electron chi connectivity index (χ3n) is 4.40. The summed E-state index contributed by atoms with van der Waals surface area (Å²) in [5, 5.41) is 2.79. The molecule has 1 amide bonds. The van der Waals surface area contributed by atoms with Gasteiger partial charge in [0.15, 0.2) is 11.5 Å². The molecule has 0 aliphatic rings. The van der Waals surface area contributed by atoms with Crippen LogP contribution in [0, 0.1) is 0 Å². The smallest absolute Gasteiger partial charge is 0.278 e. The summed E-state index contributed by atoms with van der Waals surface area (Å²) in [4.78, 5) is 23.4. The van der Waals surface area contributed by atoms with Crippen LogP contribution >= 0.6 is 0 Å². The van der Waals surface area contributed by atoms with Crippen molar-refractivity contribution >= 4 is 17.4 Å². The lowest BCUT2D eigenvalue weighted by atomic mass is 10.1. The van der Waals surface area contributed by atoms with Gasteiger partial charge in [0.1, 0.15) is 0 Å². The van der Waals surface area contributed by atoms with Crippen LogP contribution in [-0.4, -0.2) is 48.1 Å². The predicted molar refractivity (Wildman–Crippen MR) is 114 cm³/mol. The topological polar surface area (TPSA) is 93.4 Å². The number of amides is 1. The van der Waals surface area contributed by atoms with Crippen molar-refractivity contribution in [2.24, 2.45) is 0 Å². The second kappa shape index (κ2) is 9.77. The molecule has 3 aromatic rings. The average molecular weight is 391 g/mol. The van der Waals surface area contributed by atoms with Crippen LogP contribution in [0.5, 0.6) is 0 Å². The Hall–Kier alpha value is -3.29. The lowest BCUT2D eigenvalue weighted by molar-refractivity contribution is 0.102. The number of para-hydroxylation sites is 1. The van der Waals surface area contributed by atoms with Crippen LogP contribution in [0.4, 0.5) is 11.5 Å². The molecule has 3 rings (SSSR count). The number of ether oxygens (including phenoxy) is 1. The molecule has 0 spiro atoms. The molecule has 1 aromatic heterocycles. The number of nitrogens with zero attached hydrogens (tertiary/aromatic N) is 3. The summed E-state index contributed by atoms with van der Waals surface area (Å²) in [7, 11) is 3.74. The van der Waals surface area contributed by atoms with E-state index in [9.17, 15) is 4.79 Å². The molecule has 0 saturated carbocycles. The van der Waals surface area contributed by atoms with Gasteiger partial charge in [0.25, 0.3) is 5.91 Å². The number of methoxy groups -OCH3 is 1. The molecule has 0 aliphatic heterocycles.